The van der Waals surface area contributed by atoms with Crippen LogP contribution >= 0.6 is 7.82 Å². The van der Waals surface area contributed by atoms with Crippen molar-refractivity contribution in [2.24, 2.45) is 17.8 Å². The van der Waals surface area contributed by atoms with Gasteiger partial charge >= 0.3 is 19.8 Å². The van der Waals surface area contributed by atoms with Gasteiger partial charge < -0.3 is 29.5 Å². The molecule has 350 valence electrons. The van der Waals surface area contributed by atoms with Crippen molar-refractivity contribution in [1.82, 2.24) is 0 Å². The van der Waals surface area contributed by atoms with Crippen LogP contribution in [-0.4, -0.2) is 69.2 Å². The minimum atomic E-state index is -4.83. The lowest BCUT2D eigenvalue weighted by molar-refractivity contribution is -0.161. The van der Waals surface area contributed by atoms with Gasteiger partial charge in [-0.3, -0.25) is 18.9 Å². The molecule has 6 atom stereocenters. The molecular weight excluding hydrogens is 783 g/mol. The van der Waals surface area contributed by atoms with Crippen molar-refractivity contribution < 1.29 is 52.9 Å². The molecule has 4 N–H and O–H groups in total. The Hall–Kier alpha value is -1.88. The summed E-state index contributed by atoms with van der Waals surface area (Å²) in [4.78, 5) is 55.7. The number of esters is 2. The maximum Gasteiger partial charge on any atom is 0.469 e. The van der Waals surface area contributed by atoms with Crippen LogP contribution in [0, 0.1) is 17.8 Å². The Balaban J connectivity index is 2.18. The summed E-state index contributed by atoms with van der Waals surface area (Å²) in [6, 6.07) is 0. The number of Topliss-reactive ketones (excluding diaryl/α,β-unsaturated/α-hetero) is 1. The molecule has 0 aromatic carbocycles. The van der Waals surface area contributed by atoms with E-state index in [1.807, 2.05) is 12.2 Å². The summed E-state index contributed by atoms with van der Waals surface area (Å²) in [5, 5.41) is 20.7. The number of allylic oxidation sites excluding steroid dienone is 3. The molecule has 1 unspecified atom stereocenters. The molecule has 1 saturated carbocycles. The topological polar surface area (TPSA) is 177 Å². The molecule has 11 nitrogen and oxygen atoms in total. The van der Waals surface area contributed by atoms with Crippen LogP contribution in [0.15, 0.2) is 24.3 Å². The quantitative estimate of drug-likeness (QED) is 0.0199. The zero-order valence-electron chi connectivity index (χ0n) is 38.0. The summed E-state index contributed by atoms with van der Waals surface area (Å²) < 4.78 is 26.4. The monoisotopic (exact) mass is 871 g/mol. The number of phosphoric ester groups is 1. The Labute approximate surface area is 364 Å². The second-order valence-electron chi connectivity index (χ2n) is 17.5. The largest absolute Gasteiger partial charge is 0.469 e. The molecule has 0 aromatic rings. The number of rotatable bonds is 40. The van der Waals surface area contributed by atoms with Gasteiger partial charge in [-0.15, -0.1) is 0 Å². The van der Waals surface area contributed by atoms with Gasteiger partial charge in [-0.2, -0.15) is 0 Å². The third-order valence-electron chi connectivity index (χ3n) is 11.9. The molecule has 0 bridgehead atoms. The van der Waals surface area contributed by atoms with Crippen LogP contribution in [0.25, 0.3) is 0 Å². The van der Waals surface area contributed by atoms with Gasteiger partial charge in [0.25, 0.3) is 0 Å². The summed E-state index contributed by atoms with van der Waals surface area (Å²) in [6.07, 6.45) is 35.5. The number of hydrogen-bond acceptors (Lipinski definition) is 9. The number of ether oxygens (including phenoxy) is 2. The van der Waals surface area contributed by atoms with Crippen molar-refractivity contribution >= 4 is 25.5 Å². The number of aliphatic hydroxyl groups is 2. The van der Waals surface area contributed by atoms with Gasteiger partial charge in [0.05, 0.1) is 18.8 Å². The summed E-state index contributed by atoms with van der Waals surface area (Å²) in [7, 11) is -4.83. The molecule has 1 aliphatic rings. The number of aliphatic hydroxyl groups excluding tert-OH is 2. The first kappa shape index (κ1) is 56.1. The van der Waals surface area contributed by atoms with Crippen LogP contribution in [-0.2, 0) is 32.9 Å². The number of carbonyl (C=O) groups excluding carboxylic acids is 3. The van der Waals surface area contributed by atoms with Crippen LogP contribution in [0.4, 0.5) is 0 Å². The summed E-state index contributed by atoms with van der Waals surface area (Å²) in [5.74, 6) is -0.949. The van der Waals surface area contributed by atoms with Gasteiger partial charge in [-0.05, 0) is 38.0 Å². The van der Waals surface area contributed by atoms with Crippen molar-refractivity contribution in [3.05, 3.63) is 24.3 Å². The molecule has 0 aliphatic heterocycles. The Kier molecular flexibility index (Phi) is 34.2. The number of carbonyl (C=O) groups is 3. The molecule has 0 heterocycles. The number of phosphoric acid groups is 1. The van der Waals surface area contributed by atoms with E-state index in [4.69, 9.17) is 19.3 Å². The predicted molar refractivity (Wildman–Crippen MR) is 240 cm³/mol. The first-order valence-electron chi connectivity index (χ1n) is 24.1. The lowest BCUT2D eigenvalue weighted by atomic mass is 9.90. The van der Waals surface area contributed by atoms with Crippen molar-refractivity contribution in [2.75, 3.05) is 13.2 Å². The minimum Gasteiger partial charge on any atom is -0.462 e. The van der Waals surface area contributed by atoms with Crippen LogP contribution in [0.5, 0.6) is 0 Å². The zero-order chi connectivity index (χ0) is 44.3. The van der Waals surface area contributed by atoms with E-state index in [2.05, 4.69) is 25.3 Å². The first-order valence-corrected chi connectivity index (χ1v) is 25.7. The molecular formula is C48H87O11P. The average molecular weight is 871 g/mol. The fourth-order valence-corrected chi connectivity index (χ4v) is 8.16. The molecule has 1 rings (SSSR count). The van der Waals surface area contributed by atoms with Gasteiger partial charge in [-0.1, -0.05) is 186 Å². The lowest BCUT2D eigenvalue weighted by Crippen LogP contribution is -2.29. The zero-order valence-corrected chi connectivity index (χ0v) is 38.9. The van der Waals surface area contributed by atoms with Gasteiger partial charge in [0.2, 0.25) is 0 Å². The van der Waals surface area contributed by atoms with Gasteiger partial charge in [-0.25, -0.2) is 4.57 Å². The third kappa shape index (κ3) is 31.9. The Morgan fingerprint density at radius 3 is 1.82 bits per heavy atom. The fourth-order valence-electron chi connectivity index (χ4n) is 7.80. The highest BCUT2D eigenvalue weighted by Gasteiger charge is 2.39. The second-order valence-corrected chi connectivity index (χ2v) is 18.7. The predicted octanol–water partition coefficient (Wildman–Crippen LogP) is 11.6. The Morgan fingerprint density at radius 1 is 0.733 bits per heavy atom. The average Bonchev–Trinajstić information content (AvgIpc) is 3.48. The SMILES string of the molecule is CCCCC[C@H](O)/C=C/[C@H]1C(=O)C[C@H](O)[C@@H]1C/C=C\CCCC(=O)O[C@H](COC(=O)CCCCCCCCCCCCCCCCCCCCC(C)CC)COP(=O)(O)O. The normalized spacial score (nSPS) is 18.7. The van der Waals surface area contributed by atoms with E-state index in [0.717, 1.165) is 44.4 Å². The number of ketones is 1. The molecule has 0 saturated heterocycles. The molecule has 60 heavy (non-hydrogen) atoms. The van der Waals surface area contributed by atoms with Crippen molar-refractivity contribution in [2.45, 2.75) is 232 Å². The molecule has 0 amide bonds. The van der Waals surface area contributed by atoms with E-state index in [0.29, 0.717) is 32.1 Å². The molecule has 0 spiro atoms. The highest BCUT2D eigenvalue weighted by molar-refractivity contribution is 7.46. The maximum absolute atomic E-state index is 12.5. The summed E-state index contributed by atoms with van der Waals surface area (Å²) >= 11 is 0. The van der Waals surface area contributed by atoms with E-state index in [9.17, 15) is 29.2 Å². The Bertz CT molecular complexity index is 1200. The summed E-state index contributed by atoms with van der Waals surface area (Å²) in [5.41, 5.74) is 0. The van der Waals surface area contributed by atoms with E-state index in [-0.39, 0.29) is 37.6 Å². The van der Waals surface area contributed by atoms with E-state index >= 15 is 0 Å². The standard InChI is InChI=1S/C48H87O11P/c1-4-6-25-31-41(49)35-36-44-43(45(50)37-46(44)51)32-27-23-24-29-34-48(53)59-42(39-58-60(54,55)56)38-57-47(52)33-28-22-20-18-16-14-12-10-8-7-9-11-13-15-17-19-21-26-30-40(3)5-2/h23,27,35-36,40-45,49-50H,4-22,24-26,28-34,37-39H2,1-3H3,(H2,54,55,56)/b27-23-,36-35+/t40?,41-,42+,43+,44+,45-/m0/s1. The third-order valence-corrected chi connectivity index (χ3v) is 12.4. The molecule has 1 fully saturated rings. The summed E-state index contributed by atoms with van der Waals surface area (Å²) in [6.45, 7) is 5.77. The van der Waals surface area contributed by atoms with Crippen molar-refractivity contribution in [3.8, 4) is 0 Å². The van der Waals surface area contributed by atoms with Crippen LogP contribution < -0.4 is 0 Å². The highest BCUT2D eigenvalue weighted by Crippen LogP contribution is 2.36. The van der Waals surface area contributed by atoms with Crippen molar-refractivity contribution in [1.29, 1.82) is 0 Å². The molecule has 0 radical (unpaired) electrons. The van der Waals surface area contributed by atoms with E-state index in [1.54, 1.807) is 12.2 Å². The van der Waals surface area contributed by atoms with Gasteiger partial charge in [0.15, 0.2) is 6.10 Å². The van der Waals surface area contributed by atoms with Crippen LogP contribution in [0.3, 0.4) is 0 Å². The first-order chi connectivity index (χ1) is 28.9. The molecule has 0 aromatic heterocycles. The van der Waals surface area contributed by atoms with E-state index < -0.39 is 50.6 Å². The minimum absolute atomic E-state index is 0.0234. The molecule has 12 heteroatoms. The maximum atomic E-state index is 12.5. The number of hydrogen-bond donors (Lipinski definition) is 4. The van der Waals surface area contributed by atoms with E-state index in [1.165, 1.54) is 103 Å². The van der Waals surface area contributed by atoms with Crippen molar-refractivity contribution in [3.63, 3.8) is 0 Å². The molecule has 1 aliphatic carbocycles. The lowest BCUT2D eigenvalue weighted by Gasteiger charge is -2.18. The van der Waals surface area contributed by atoms with Crippen LogP contribution in [0.2, 0.25) is 0 Å². The fraction of sp³-hybridized carbons (Fsp3) is 0.854. The second kappa shape index (κ2) is 36.6. The smallest absolute Gasteiger partial charge is 0.462 e. The van der Waals surface area contributed by atoms with Gasteiger partial charge in [0.1, 0.15) is 12.4 Å². The Morgan fingerprint density at radius 2 is 1.27 bits per heavy atom. The highest BCUT2D eigenvalue weighted by atomic mass is 31.2. The van der Waals surface area contributed by atoms with Crippen LogP contribution in [0.1, 0.15) is 213 Å². The number of unbranched alkanes of at least 4 members (excludes halogenated alkanes) is 20. The van der Waals surface area contributed by atoms with Gasteiger partial charge in [0, 0.05) is 31.1 Å².